The third kappa shape index (κ3) is 4.38. The van der Waals surface area contributed by atoms with Crippen molar-refractivity contribution < 1.29 is 25.2 Å². The van der Waals surface area contributed by atoms with E-state index in [0.717, 1.165) is 36.1 Å². The molecule has 5 heteroatoms. The molecule has 2 aromatic rings. The first kappa shape index (κ1) is 21.5. The van der Waals surface area contributed by atoms with Gasteiger partial charge in [-0.2, -0.15) is 0 Å². The predicted molar refractivity (Wildman–Crippen MR) is 109 cm³/mol. The molecule has 2 heterocycles. The maximum Gasteiger partial charge on any atom is 0.200 e. The van der Waals surface area contributed by atoms with Crippen LogP contribution in [-0.2, 0) is 9.47 Å². The summed E-state index contributed by atoms with van der Waals surface area (Å²) in [5.41, 5.74) is 3.18. The van der Waals surface area contributed by atoms with Crippen molar-refractivity contribution in [2.24, 2.45) is 11.8 Å². The molecule has 0 aromatic heterocycles. The van der Waals surface area contributed by atoms with Crippen molar-refractivity contribution in [2.75, 3.05) is 0 Å². The molecule has 2 fully saturated rings. The minimum Gasteiger partial charge on any atom is -0.469 e. The van der Waals surface area contributed by atoms with Crippen LogP contribution in [0.5, 0.6) is 0 Å². The first-order valence-electron chi connectivity index (χ1n) is 10.1. The van der Waals surface area contributed by atoms with Crippen LogP contribution in [0.4, 0.5) is 0 Å². The highest BCUT2D eigenvalue weighted by atomic mass is 16.6. The molecular weight excluding hydrogens is 368 g/mol. The lowest BCUT2D eigenvalue weighted by Gasteiger charge is -2.31. The molecule has 3 aliphatic rings. The van der Waals surface area contributed by atoms with Gasteiger partial charge in [0.25, 0.3) is 0 Å². The molecule has 1 aliphatic carbocycles. The zero-order valence-electron chi connectivity index (χ0n) is 16.6. The molecule has 2 aliphatic heterocycles. The summed E-state index contributed by atoms with van der Waals surface area (Å²) < 4.78 is 10.9. The maximum absolute atomic E-state index is 10.0. The van der Waals surface area contributed by atoms with Crippen LogP contribution in [0, 0.1) is 11.8 Å². The predicted octanol–water partition coefficient (Wildman–Crippen LogP) is 4.64. The van der Waals surface area contributed by atoms with E-state index in [1.807, 2.05) is 43.3 Å². The quantitative estimate of drug-likeness (QED) is 0.654. The van der Waals surface area contributed by atoms with Crippen molar-refractivity contribution in [1.29, 1.82) is 0 Å². The van der Waals surface area contributed by atoms with Crippen LogP contribution in [0.15, 0.2) is 66.9 Å². The Hall–Kier alpha value is -2.18. The average Bonchev–Trinajstić information content (AvgIpc) is 3.18. The Morgan fingerprint density at radius 2 is 1.62 bits per heavy atom. The van der Waals surface area contributed by atoms with Crippen molar-refractivity contribution in [3.8, 4) is 0 Å². The van der Waals surface area contributed by atoms with Crippen LogP contribution in [0.2, 0.25) is 0 Å². The van der Waals surface area contributed by atoms with Crippen LogP contribution >= 0.6 is 0 Å². The van der Waals surface area contributed by atoms with Crippen molar-refractivity contribution in [1.82, 2.24) is 0 Å². The fourth-order valence-electron chi connectivity index (χ4n) is 4.71. The van der Waals surface area contributed by atoms with Crippen molar-refractivity contribution in [3.05, 3.63) is 83.6 Å². The number of fused-ring (bicyclic) bond motifs is 2. The molecule has 1 saturated heterocycles. The molecule has 5 rings (SSSR count). The van der Waals surface area contributed by atoms with Gasteiger partial charge in [-0.05, 0) is 43.2 Å². The van der Waals surface area contributed by atoms with Crippen LogP contribution in [0.25, 0.3) is 0 Å². The molecule has 155 valence electrons. The van der Waals surface area contributed by atoms with Gasteiger partial charge in [0.05, 0.1) is 11.9 Å². The highest BCUT2D eigenvalue weighted by Crippen LogP contribution is 2.49. The van der Waals surface area contributed by atoms with Gasteiger partial charge >= 0.3 is 0 Å². The Bertz CT molecular complexity index is 795. The standard InChI is InChI=1S/C18H22O4.C6H6.HO/c1-9-13-5-3-11(7-15(13)17(19)21-9)12-4-6-14-10(2)22-18(20)16(14)8-12;1-2-4-6-5-3-1;/h4,6,8,10-11,13,15,17-20H,1,3,5,7H2,2H3;1-6H;1H. The summed E-state index contributed by atoms with van der Waals surface area (Å²) in [5, 5.41) is 20.1. The van der Waals surface area contributed by atoms with E-state index in [4.69, 9.17) is 9.47 Å². The Morgan fingerprint density at radius 1 is 0.966 bits per heavy atom. The lowest BCUT2D eigenvalue weighted by molar-refractivity contribution is -0.115. The zero-order chi connectivity index (χ0) is 19.7. The zero-order valence-corrected chi connectivity index (χ0v) is 16.6. The molecule has 3 N–H and O–H groups in total. The average molecular weight is 397 g/mol. The van der Waals surface area contributed by atoms with Gasteiger partial charge in [0.1, 0.15) is 0 Å². The van der Waals surface area contributed by atoms with E-state index in [0.29, 0.717) is 5.92 Å². The SMILES string of the molecule is C=C1OC(O)C2CC(c3ccc4c(c3)C(O)OC4C)CCC12.[OH].c1ccccc1. The summed E-state index contributed by atoms with van der Waals surface area (Å²) in [6.07, 6.45) is 1.36. The summed E-state index contributed by atoms with van der Waals surface area (Å²) in [6, 6.07) is 18.3. The lowest BCUT2D eigenvalue weighted by atomic mass is 9.72. The van der Waals surface area contributed by atoms with E-state index in [-0.39, 0.29) is 23.4 Å². The van der Waals surface area contributed by atoms with E-state index in [1.165, 1.54) is 5.56 Å². The molecule has 1 saturated carbocycles. The second-order valence-corrected chi connectivity index (χ2v) is 7.93. The molecule has 29 heavy (non-hydrogen) atoms. The fourth-order valence-corrected chi connectivity index (χ4v) is 4.71. The topological polar surface area (TPSA) is 88.9 Å². The van der Waals surface area contributed by atoms with Crippen LogP contribution in [0.1, 0.15) is 61.2 Å². The monoisotopic (exact) mass is 397 g/mol. The largest absolute Gasteiger partial charge is 0.469 e. The molecular formula is C24H29O5. The van der Waals surface area contributed by atoms with E-state index < -0.39 is 12.6 Å². The molecule has 2 aromatic carbocycles. The highest BCUT2D eigenvalue weighted by molar-refractivity contribution is 5.38. The second-order valence-electron chi connectivity index (χ2n) is 7.93. The van der Waals surface area contributed by atoms with Gasteiger partial charge in [-0.1, -0.05) is 61.2 Å². The second kappa shape index (κ2) is 9.09. The number of hydrogen-bond acceptors (Lipinski definition) is 4. The van der Waals surface area contributed by atoms with E-state index >= 15 is 0 Å². The molecule has 1 radical (unpaired) electrons. The summed E-state index contributed by atoms with van der Waals surface area (Å²) >= 11 is 0. The number of ether oxygens (including phenoxy) is 2. The molecule has 0 spiro atoms. The lowest BCUT2D eigenvalue weighted by Crippen LogP contribution is -2.27. The summed E-state index contributed by atoms with van der Waals surface area (Å²) in [4.78, 5) is 0. The van der Waals surface area contributed by atoms with Gasteiger partial charge in [-0.3, -0.25) is 5.48 Å². The third-order valence-corrected chi connectivity index (χ3v) is 6.24. The van der Waals surface area contributed by atoms with E-state index in [9.17, 15) is 10.2 Å². The Morgan fingerprint density at radius 3 is 2.28 bits per heavy atom. The summed E-state index contributed by atoms with van der Waals surface area (Å²) in [7, 11) is 0. The van der Waals surface area contributed by atoms with Crippen LogP contribution in [-0.4, -0.2) is 22.0 Å². The highest BCUT2D eigenvalue weighted by Gasteiger charge is 2.44. The van der Waals surface area contributed by atoms with Gasteiger partial charge in [0.2, 0.25) is 0 Å². The smallest absolute Gasteiger partial charge is 0.200 e. The van der Waals surface area contributed by atoms with E-state index in [2.05, 4.69) is 24.8 Å². The van der Waals surface area contributed by atoms with Gasteiger partial charge in [-0.25, -0.2) is 0 Å². The Labute approximate surface area is 171 Å². The number of hydrogen-bond donors (Lipinski definition) is 3. The normalized spacial score (nSPS) is 32.2. The molecule has 6 atom stereocenters. The molecule has 0 amide bonds. The van der Waals surface area contributed by atoms with E-state index in [1.54, 1.807) is 0 Å². The van der Waals surface area contributed by atoms with Gasteiger partial charge in [-0.15, -0.1) is 0 Å². The Kier molecular flexibility index (Phi) is 6.75. The Balaban J connectivity index is 0.000000297. The van der Waals surface area contributed by atoms with Crippen LogP contribution in [0.3, 0.4) is 0 Å². The number of aliphatic hydroxyl groups excluding tert-OH is 2. The minimum atomic E-state index is -0.818. The molecule has 6 unspecified atom stereocenters. The maximum atomic E-state index is 10.0. The van der Waals surface area contributed by atoms with Gasteiger partial charge in [0.15, 0.2) is 12.6 Å². The van der Waals surface area contributed by atoms with Gasteiger partial charge < -0.3 is 19.7 Å². The van der Waals surface area contributed by atoms with Gasteiger partial charge in [0, 0.05) is 17.4 Å². The number of allylic oxidation sites excluding steroid dienone is 1. The van der Waals surface area contributed by atoms with Crippen molar-refractivity contribution in [3.63, 3.8) is 0 Å². The third-order valence-electron chi connectivity index (χ3n) is 6.24. The number of aliphatic hydroxyl groups is 2. The number of benzene rings is 2. The minimum absolute atomic E-state index is 0. The first-order valence-corrected chi connectivity index (χ1v) is 10.1. The van der Waals surface area contributed by atoms with Crippen LogP contribution < -0.4 is 0 Å². The molecule has 0 bridgehead atoms. The number of rotatable bonds is 1. The molecule has 5 nitrogen and oxygen atoms in total. The first-order chi connectivity index (χ1) is 13.5. The summed E-state index contributed by atoms with van der Waals surface area (Å²) in [5.74, 6) is 1.55. The van der Waals surface area contributed by atoms with Crippen molar-refractivity contribution >= 4 is 0 Å². The fraction of sp³-hybridized carbons (Fsp3) is 0.417. The van der Waals surface area contributed by atoms with Crippen molar-refractivity contribution in [2.45, 2.75) is 50.8 Å². The summed E-state index contributed by atoms with van der Waals surface area (Å²) in [6.45, 7) is 5.88.